The Morgan fingerprint density at radius 2 is 2.06 bits per heavy atom. The van der Waals surface area contributed by atoms with Crippen LogP contribution in [0.5, 0.6) is 0 Å². The van der Waals surface area contributed by atoms with Gasteiger partial charge in [0.2, 0.25) is 5.91 Å². The van der Waals surface area contributed by atoms with Crippen LogP contribution in [0.2, 0.25) is 0 Å². The molecule has 0 radical (unpaired) electrons. The first kappa shape index (κ1) is 19.0. The second-order valence-corrected chi connectivity index (χ2v) is 9.28. The van der Waals surface area contributed by atoms with Crippen LogP contribution in [-0.2, 0) is 22.4 Å². The number of benzene rings is 1. The fourth-order valence-corrected chi connectivity index (χ4v) is 5.10. The standard InChI is InChI=1S/C23H28N6O2/c1-12-7-19-20(11-17(12)26-23(30)13(2)29-3-5-31-6-4-29)25-22(24-19)21-16-9-14-8-15(14)10-18(16)27-28-21/h7,11,13-15H,3-6,8-10H2,1-2H3,(H,24,25)(H,26,30)(H,27,28). The minimum atomic E-state index is -0.199. The van der Waals surface area contributed by atoms with Crippen LogP contribution in [0, 0.1) is 18.8 Å². The van der Waals surface area contributed by atoms with E-state index < -0.39 is 0 Å². The van der Waals surface area contributed by atoms with Crippen LogP contribution in [0.15, 0.2) is 12.1 Å². The van der Waals surface area contributed by atoms with Crippen LogP contribution in [0.4, 0.5) is 5.69 Å². The Kier molecular flexibility index (Phi) is 4.40. The van der Waals surface area contributed by atoms with Gasteiger partial charge in [-0.15, -0.1) is 0 Å². The highest BCUT2D eigenvalue weighted by atomic mass is 16.5. The van der Waals surface area contributed by atoms with E-state index in [2.05, 4.69) is 31.5 Å². The first-order valence-corrected chi connectivity index (χ1v) is 11.3. The molecule has 2 fully saturated rings. The molecule has 8 heteroatoms. The summed E-state index contributed by atoms with van der Waals surface area (Å²) in [5.74, 6) is 2.48. The fourth-order valence-electron chi connectivity index (χ4n) is 5.10. The van der Waals surface area contributed by atoms with Crippen LogP contribution in [0.3, 0.4) is 0 Å². The summed E-state index contributed by atoms with van der Waals surface area (Å²) in [7, 11) is 0. The maximum atomic E-state index is 12.9. The van der Waals surface area contributed by atoms with Gasteiger partial charge in [-0.3, -0.25) is 14.8 Å². The zero-order chi connectivity index (χ0) is 21.1. The lowest BCUT2D eigenvalue weighted by Gasteiger charge is -2.31. The van der Waals surface area contributed by atoms with Gasteiger partial charge >= 0.3 is 0 Å². The summed E-state index contributed by atoms with van der Waals surface area (Å²) >= 11 is 0. The summed E-state index contributed by atoms with van der Waals surface area (Å²) in [4.78, 5) is 23.3. The summed E-state index contributed by atoms with van der Waals surface area (Å²) < 4.78 is 5.40. The summed E-state index contributed by atoms with van der Waals surface area (Å²) in [6.07, 6.45) is 3.56. The topological polar surface area (TPSA) is 98.9 Å². The van der Waals surface area contributed by atoms with Gasteiger partial charge in [0.1, 0.15) is 5.69 Å². The molecular formula is C23H28N6O2. The van der Waals surface area contributed by atoms with Gasteiger partial charge < -0.3 is 15.0 Å². The second kappa shape index (κ2) is 7.17. The zero-order valence-corrected chi connectivity index (χ0v) is 18.0. The van der Waals surface area contributed by atoms with E-state index in [4.69, 9.17) is 9.72 Å². The summed E-state index contributed by atoms with van der Waals surface area (Å²) in [6, 6.07) is 3.82. The number of aromatic nitrogens is 4. The van der Waals surface area contributed by atoms with Gasteiger partial charge in [-0.2, -0.15) is 5.10 Å². The van der Waals surface area contributed by atoms with Crippen LogP contribution in [-0.4, -0.2) is 63.3 Å². The Morgan fingerprint density at radius 1 is 1.26 bits per heavy atom. The van der Waals surface area contributed by atoms with Crippen molar-refractivity contribution in [3.05, 3.63) is 29.0 Å². The number of anilines is 1. The lowest BCUT2D eigenvalue weighted by atomic mass is 9.96. The number of morpholine rings is 1. The summed E-state index contributed by atoms with van der Waals surface area (Å²) in [6.45, 7) is 6.88. The summed E-state index contributed by atoms with van der Waals surface area (Å²) in [5, 5.41) is 10.9. The molecular weight excluding hydrogens is 392 g/mol. The lowest BCUT2D eigenvalue weighted by Crippen LogP contribution is -2.47. The largest absolute Gasteiger partial charge is 0.379 e. The number of aryl methyl sites for hydroxylation is 1. The highest BCUT2D eigenvalue weighted by molar-refractivity contribution is 5.97. The SMILES string of the molecule is Cc1cc2[nH]c(-c3n[nH]c4c3CC3CC3C4)nc2cc1NC(=O)C(C)N1CCOCC1. The fraction of sp³-hybridized carbons (Fsp3) is 0.522. The van der Waals surface area contributed by atoms with E-state index in [0.29, 0.717) is 13.2 Å². The normalized spacial score (nSPS) is 23.9. The van der Waals surface area contributed by atoms with E-state index in [1.165, 1.54) is 17.7 Å². The zero-order valence-electron chi connectivity index (χ0n) is 18.0. The average Bonchev–Trinajstić information content (AvgIpc) is 3.23. The van der Waals surface area contributed by atoms with Gasteiger partial charge in [0.25, 0.3) is 0 Å². The number of carbonyl (C=O) groups is 1. The third-order valence-corrected chi connectivity index (χ3v) is 7.24. The molecule has 3 N–H and O–H groups in total. The van der Waals surface area contributed by atoms with Crippen molar-refractivity contribution in [1.29, 1.82) is 0 Å². The molecule has 0 bridgehead atoms. The molecule has 3 heterocycles. The van der Waals surface area contributed by atoms with Gasteiger partial charge in [-0.1, -0.05) is 0 Å². The molecule has 1 saturated heterocycles. The van der Waals surface area contributed by atoms with Crippen molar-refractivity contribution in [2.75, 3.05) is 31.6 Å². The quantitative estimate of drug-likeness (QED) is 0.603. The monoisotopic (exact) mass is 420 g/mol. The van der Waals surface area contributed by atoms with Crippen molar-refractivity contribution in [3.63, 3.8) is 0 Å². The Balaban J connectivity index is 1.26. The Morgan fingerprint density at radius 3 is 2.90 bits per heavy atom. The molecule has 3 unspecified atom stereocenters. The van der Waals surface area contributed by atoms with Crippen molar-refractivity contribution < 1.29 is 9.53 Å². The van der Waals surface area contributed by atoms with Crippen LogP contribution >= 0.6 is 0 Å². The molecule has 0 spiro atoms. The first-order chi connectivity index (χ1) is 15.1. The third-order valence-electron chi connectivity index (χ3n) is 7.24. The van der Waals surface area contributed by atoms with Crippen molar-refractivity contribution in [3.8, 4) is 11.5 Å². The number of aromatic amines is 2. The molecule has 3 aliphatic rings. The van der Waals surface area contributed by atoms with Gasteiger partial charge in [-0.25, -0.2) is 4.98 Å². The third kappa shape index (κ3) is 3.34. The molecule has 6 rings (SSSR count). The number of nitrogens with zero attached hydrogens (tertiary/aromatic N) is 3. The molecule has 2 aliphatic carbocycles. The number of rotatable bonds is 4. The number of hydrogen-bond acceptors (Lipinski definition) is 5. The molecule has 8 nitrogen and oxygen atoms in total. The van der Waals surface area contributed by atoms with E-state index in [9.17, 15) is 4.79 Å². The minimum Gasteiger partial charge on any atom is -0.379 e. The maximum Gasteiger partial charge on any atom is 0.241 e. The van der Waals surface area contributed by atoms with Crippen molar-refractivity contribution in [2.24, 2.45) is 11.8 Å². The molecule has 31 heavy (non-hydrogen) atoms. The van der Waals surface area contributed by atoms with Gasteiger partial charge in [0.05, 0.1) is 30.3 Å². The molecule has 1 aliphatic heterocycles. The summed E-state index contributed by atoms with van der Waals surface area (Å²) in [5.41, 5.74) is 7.16. The van der Waals surface area contributed by atoms with E-state index in [1.807, 2.05) is 19.9 Å². The Labute approximate surface area is 180 Å². The van der Waals surface area contributed by atoms with Gasteiger partial charge in [0.15, 0.2) is 5.82 Å². The number of ether oxygens (including phenoxy) is 1. The predicted octanol–water partition coefficient (Wildman–Crippen LogP) is 2.66. The number of carbonyl (C=O) groups excluding carboxylic acids is 1. The molecule has 162 valence electrons. The van der Waals surface area contributed by atoms with Crippen LogP contribution in [0.1, 0.15) is 30.2 Å². The Bertz CT molecular complexity index is 1160. The van der Waals surface area contributed by atoms with Crippen molar-refractivity contribution >= 4 is 22.6 Å². The predicted molar refractivity (Wildman–Crippen MR) is 118 cm³/mol. The molecule has 1 amide bonds. The van der Waals surface area contributed by atoms with Gasteiger partial charge in [-0.05, 0) is 62.6 Å². The smallest absolute Gasteiger partial charge is 0.241 e. The Hall–Kier alpha value is -2.71. The van der Waals surface area contributed by atoms with Crippen LogP contribution < -0.4 is 5.32 Å². The van der Waals surface area contributed by atoms with Crippen molar-refractivity contribution in [2.45, 2.75) is 39.2 Å². The molecule has 1 aromatic carbocycles. The number of H-pyrrole nitrogens is 2. The number of amides is 1. The van der Waals surface area contributed by atoms with Crippen LogP contribution in [0.25, 0.3) is 22.6 Å². The number of hydrogen-bond donors (Lipinski definition) is 3. The second-order valence-electron chi connectivity index (χ2n) is 9.28. The van der Waals surface area contributed by atoms with E-state index >= 15 is 0 Å². The van der Waals surface area contributed by atoms with E-state index in [0.717, 1.165) is 71.6 Å². The number of imidazole rings is 1. The van der Waals surface area contributed by atoms with E-state index in [-0.39, 0.29) is 11.9 Å². The number of nitrogens with one attached hydrogen (secondary N) is 3. The molecule has 3 atom stereocenters. The van der Waals surface area contributed by atoms with Gasteiger partial charge in [0, 0.05) is 30.0 Å². The first-order valence-electron chi connectivity index (χ1n) is 11.3. The number of fused-ring (bicyclic) bond motifs is 3. The molecule has 2 aromatic heterocycles. The molecule has 1 saturated carbocycles. The molecule has 3 aromatic rings. The average molecular weight is 421 g/mol. The van der Waals surface area contributed by atoms with E-state index in [1.54, 1.807) is 0 Å². The highest BCUT2D eigenvalue weighted by Gasteiger charge is 2.43. The highest BCUT2D eigenvalue weighted by Crippen LogP contribution is 2.49. The lowest BCUT2D eigenvalue weighted by molar-refractivity contribution is -0.122. The maximum absolute atomic E-state index is 12.9. The van der Waals surface area contributed by atoms with Crippen molar-refractivity contribution in [1.82, 2.24) is 25.1 Å². The minimum absolute atomic E-state index is 0.000433.